The average molecular weight is 212 g/mol. The number of fused-ring (bicyclic) bond motifs is 3. The second-order valence-corrected chi connectivity index (χ2v) is 3.59. The smallest absolute Gasteiger partial charge is 0.138 e. The maximum Gasteiger partial charge on any atom is 0.138 e. The Morgan fingerprint density at radius 1 is 0.938 bits per heavy atom. The molecule has 2 radical (unpaired) electrons. The van der Waals surface area contributed by atoms with Crippen LogP contribution in [0.1, 0.15) is 0 Å². The lowest BCUT2D eigenvalue weighted by atomic mass is 10.0. The van der Waals surface area contributed by atoms with E-state index in [0.717, 1.165) is 5.39 Å². The van der Waals surface area contributed by atoms with E-state index in [4.69, 9.17) is 0 Å². The molecule has 0 saturated carbocycles. The lowest BCUT2D eigenvalue weighted by Gasteiger charge is -2.04. The van der Waals surface area contributed by atoms with E-state index in [1.807, 2.05) is 0 Å². The summed E-state index contributed by atoms with van der Waals surface area (Å²) >= 11 is 0. The maximum atomic E-state index is 13.7. The van der Waals surface area contributed by atoms with Gasteiger partial charge >= 0.3 is 0 Å². The molecule has 0 bridgehead atoms. The van der Waals surface area contributed by atoms with Crippen molar-refractivity contribution in [3.05, 3.63) is 60.2 Å². The minimum absolute atomic E-state index is 0.381. The van der Waals surface area contributed by atoms with Crippen LogP contribution in [-0.4, -0.2) is 0 Å². The Balaban J connectivity index is 2.64. The van der Waals surface area contributed by atoms with E-state index in [2.05, 4.69) is 12.1 Å². The largest absolute Gasteiger partial charge is 0.206 e. The first-order chi connectivity index (χ1) is 7.77. The van der Waals surface area contributed by atoms with E-state index in [1.165, 1.54) is 12.1 Å². The molecule has 2 heteroatoms. The van der Waals surface area contributed by atoms with Crippen molar-refractivity contribution in [2.75, 3.05) is 0 Å². The molecule has 0 saturated heterocycles. The van der Waals surface area contributed by atoms with Crippen molar-refractivity contribution in [1.82, 2.24) is 0 Å². The minimum atomic E-state index is -0.452. The van der Waals surface area contributed by atoms with Crippen LogP contribution in [0.3, 0.4) is 0 Å². The van der Waals surface area contributed by atoms with Gasteiger partial charge in [-0.1, -0.05) is 24.3 Å². The summed E-state index contributed by atoms with van der Waals surface area (Å²) in [4.78, 5) is 0. The quantitative estimate of drug-likeness (QED) is 0.496. The summed E-state index contributed by atoms with van der Waals surface area (Å²) in [6, 6.07) is 14.6. The molecule has 0 aromatic heterocycles. The van der Waals surface area contributed by atoms with Crippen molar-refractivity contribution in [3.8, 4) is 0 Å². The van der Waals surface area contributed by atoms with Gasteiger partial charge in [0.05, 0.1) is 0 Å². The zero-order chi connectivity index (χ0) is 11.1. The highest BCUT2D eigenvalue weighted by molar-refractivity contribution is 6.07. The summed E-state index contributed by atoms with van der Waals surface area (Å²) in [5, 5.41) is 2.11. The number of rotatable bonds is 0. The molecule has 0 aliphatic carbocycles. The molecule has 0 amide bonds. The molecule has 76 valence electrons. The van der Waals surface area contributed by atoms with Crippen LogP contribution >= 0.6 is 0 Å². The minimum Gasteiger partial charge on any atom is -0.206 e. The second kappa shape index (κ2) is 3.27. The van der Waals surface area contributed by atoms with Crippen molar-refractivity contribution in [1.29, 1.82) is 0 Å². The third kappa shape index (κ3) is 1.20. The highest BCUT2D eigenvalue weighted by Gasteiger charge is 2.07. The van der Waals surface area contributed by atoms with Crippen molar-refractivity contribution in [2.45, 2.75) is 0 Å². The summed E-state index contributed by atoms with van der Waals surface area (Å²) in [5.41, 5.74) is 0. The molecule has 3 rings (SSSR count). The number of benzene rings is 3. The zero-order valence-corrected chi connectivity index (χ0v) is 8.22. The molecular formula is C14H6F2. The fourth-order valence-corrected chi connectivity index (χ4v) is 1.94. The Labute approximate surface area is 91.1 Å². The van der Waals surface area contributed by atoms with Crippen molar-refractivity contribution < 1.29 is 8.78 Å². The summed E-state index contributed by atoms with van der Waals surface area (Å²) in [5.74, 6) is -0.833. The van der Waals surface area contributed by atoms with Gasteiger partial charge in [-0.3, -0.25) is 0 Å². The molecule has 16 heavy (non-hydrogen) atoms. The molecular weight excluding hydrogens is 206 g/mol. The SMILES string of the molecule is Fc1[c]ccc2c1ccc1c[c]cc(F)c12. The molecule has 0 spiro atoms. The summed E-state index contributed by atoms with van der Waals surface area (Å²) in [7, 11) is 0. The molecule has 0 fully saturated rings. The Hall–Kier alpha value is -1.96. The second-order valence-electron chi connectivity index (χ2n) is 3.59. The van der Waals surface area contributed by atoms with Crippen LogP contribution in [0.25, 0.3) is 21.5 Å². The Morgan fingerprint density at radius 3 is 2.69 bits per heavy atom. The van der Waals surface area contributed by atoms with Gasteiger partial charge in [0.15, 0.2) is 0 Å². The molecule has 0 heterocycles. The van der Waals surface area contributed by atoms with Gasteiger partial charge in [-0.2, -0.15) is 0 Å². The van der Waals surface area contributed by atoms with Gasteiger partial charge in [0.25, 0.3) is 0 Å². The van der Waals surface area contributed by atoms with E-state index < -0.39 is 5.82 Å². The third-order valence-electron chi connectivity index (χ3n) is 2.66. The number of halogens is 2. The Bertz CT molecular complexity index is 687. The van der Waals surface area contributed by atoms with Crippen molar-refractivity contribution in [2.24, 2.45) is 0 Å². The fraction of sp³-hybridized carbons (Fsp3) is 0. The molecule has 0 aliphatic rings. The third-order valence-corrected chi connectivity index (χ3v) is 2.66. The van der Waals surface area contributed by atoms with E-state index in [1.54, 1.807) is 24.3 Å². The normalized spacial score (nSPS) is 11.1. The van der Waals surface area contributed by atoms with Crippen LogP contribution in [-0.2, 0) is 0 Å². The van der Waals surface area contributed by atoms with Crippen LogP contribution < -0.4 is 0 Å². The van der Waals surface area contributed by atoms with Gasteiger partial charge in [-0.05, 0) is 29.0 Å². The monoisotopic (exact) mass is 212 g/mol. The van der Waals surface area contributed by atoms with E-state index in [9.17, 15) is 8.78 Å². The molecule has 0 nitrogen and oxygen atoms in total. The van der Waals surface area contributed by atoms with Crippen LogP contribution in [0.15, 0.2) is 36.4 Å². The van der Waals surface area contributed by atoms with Crippen molar-refractivity contribution >= 4 is 21.5 Å². The summed E-state index contributed by atoms with van der Waals surface area (Å²) in [6.07, 6.45) is 0. The van der Waals surface area contributed by atoms with Gasteiger partial charge in [-0.25, -0.2) is 8.78 Å². The standard InChI is InChI=1S/C14H6F2/c15-12-5-2-4-11-10(12)8-7-9-3-1-6-13(16)14(9)11/h2-4,6-8H. The molecule has 0 unspecified atom stereocenters. The maximum absolute atomic E-state index is 13.7. The fourth-order valence-electron chi connectivity index (χ4n) is 1.94. The lowest BCUT2D eigenvalue weighted by Crippen LogP contribution is -1.85. The summed E-state index contributed by atoms with van der Waals surface area (Å²) in [6.45, 7) is 0. The van der Waals surface area contributed by atoms with Gasteiger partial charge in [0.2, 0.25) is 0 Å². The zero-order valence-electron chi connectivity index (χ0n) is 8.22. The van der Waals surface area contributed by atoms with Gasteiger partial charge in [0, 0.05) is 16.8 Å². The highest BCUT2D eigenvalue weighted by atomic mass is 19.1. The predicted octanol–water partition coefficient (Wildman–Crippen LogP) is 3.87. The van der Waals surface area contributed by atoms with Crippen molar-refractivity contribution in [3.63, 3.8) is 0 Å². The topological polar surface area (TPSA) is 0 Å². The lowest BCUT2D eigenvalue weighted by molar-refractivity contribution is 0.636. The van der Waals surface area contributed by atoms with Crippen LogP contribution in [0.4, 0.5) is 8.78 Å². The predicted molar refractivity (Wildman–Crippen MR) is 59.0 cm³/mol. The first-order valence-corrected chi connectivity index (χ1v) is 4.85. The molecule has 3 aromatic carbocycles. The summed E-state index contributed by atoms with van der Waals surface area (Å²) < 4.78 is 27.1. The van der Waals surface area contributed by atoms with E-state index in [-0.39, 0.29) is 5.82 Å². The molecule has 0 atom stereocenters. The molecule has 3 aromatic rings. The Kier molecular flexibility index (Phi) is 1.90. The number of hydrogen-bond donors (Lipinski definition) is 0. The molecule has 0 N–H and O–H groups in total. The first kappa shape index (κ1) is 9.28. The van der Waals surface area contributed by atoms with Gasteiger partial charge < -0.3 is 0 Å². The Morgan fingerprint density at radius 2 is 1.81 bits per heavy atom. The van der Waals surface area contributed by atoms with E-state index >= 15 is 0 Å². The van der Waals surface area contributed by atoms with Crippen LogP contribution in [0.2, 0.25) is 0 Å². The highest BCUT2D eigenvalue weighted by Crippen LogP contribution is 2.28. The first-order valence-electron chi connectivity index (χ1n) is 4.85. The van der Waals surface area contributed by atoms with Crippen LogP contribution in [0.5, 0.6) is 0 Å². The van der Waals surface area contributed by atoms with Gasteiger partial charge in [-0.15, -0.1) is 0 Å². The van der Waals surface area contributed by atoms with E-state index in [0.29, 0.717) is 16.2 Å². The average Bonchev–Trinajstić information content (AvgIpc) is 2.29. The number of hydrogen-bond acceptors (Lipinski definition) is 0. The van der Waals surface area contributed by atoms with Crippen LogP contribution in [0, 0.1) is 23.8 Å². The molecule has 0 aliphatic heterocycles. The van der Waals surface area contributed by atoms with Gasteiger partial charge in [0.1, 0.15) is 11.6 Å².